The first-order chi connectivity index (χ1) is 10.5. The van der Waals surface area contributed by atoms with Crippen molar-refractivity contribution in [1.82, 2.24) is 9.78 Å². The minimum Gasteiger partial charge on any atom is -0.472 e. The molecule has 0 aliphatic carbocycles. The Balaban J connectivity index is 0.000000284. The van der Waals surface area contributed by atoms with Crippen molar-refractivity contribution in [3.05, 3.63) is 42.1 Å². The lowest BCUT2D eigenvalue weighted by molar-refractivity contribution is 0.0500. The number of aliphatic hydroxyl groups is 1. The predicted molar refractivity (Wildman–Crippen MR) is 101 cm³/mol. The monoisotopic (exact) mass is 354 g/mol. The zero-order valence-corrected chi connectivity index (χ0v) is 16.1. The van der Waals surface area contributed by atoms with E-state index in [1.165, 1.54) is 0 Å². The van der Waals surface area contributed by atoms with Crippen molar-refractivity contribution in [3.8, 4) is 5.88 Å². The molecule has 0 atom stereocenters. The van der Waals surface area contributed by atoms with Gasteiger partial charge < -0.3 is 9.84 Å². The molecule has 1 aromatic carbocycles. The van der Waals surface area contributed by atoms with Crippen LogP contribution in [0.25, 0.3) is 0 Å². The van der Waals surface area contributed by atoms with E-state index in [2.05, 4.69) is 30.4 Å². The number of nitrogens with zero attached hydrogens (tertiary/aromatic N) is 2. The molecule has 0 amide bonds. The van der Waals surface area contributed by atoms with Gasteiger partial charge in [0.15, 0.2) is 0 Å². The molecule has 0 fully saturated rings. The molecule has 0 radical (unpaired) electrons. The Labute approximate surface area is 149 Å². The Morgan fingerprint density at radius 3 is 2.26 bits per heavy atom. The van der Waals surface area contributed by atoms with Gasteiger partial charge in [-0.25, -0.2) is 0 Å². The van der Waals surface area contributed by atoms with Gasteiger partial charge in [-0.3, -0.25) is 4.68 Å². The summed E-state index contributed by atoms with van der Waals surface area (Å²) in [4.78, 5) is 0.942. The van der Waals surface area contributed by atoms with E-state index in [1.807, 2.05) is 57.4 Å². The molecule has 2 rings (SSSR count). The first-order valence-corrected chi connectivity index (χ1v) is 8.23. The molecule has 0 aliphatic rings. The van der Waals surface area contributed by atoms with E-state index in [1.54, 1.807) is 18.5 Å². The third kappa shape index (κ3) is 7.33. The van der Waals surface area contributed by atoms with Crippen molar-refractivity contribution in [2.45, 2.75) is 49.5 Å². The van der Waals surface area contributed by atoms with Crippen LogP contribution >= 0.6 is 25.3 Å². The summed E-state index contributed by atoms with van der Waals surface area (Å²) in [6.07, 6.45) is 1.85. The van der Waals surface area contributed by atoms with E-state index in [9.17, 15) is 5.11 Å². The fourth-order valence-corrected chi connectivity index (χ4v) is 1.53. The van der Waals surface area contributed by atoms with Gasteiger partial charge in [0, 0.05) is 29.0 Å². The van der Waals surface area contributed by atoms with Crippen LogP contribution in [-0.2, 0) is 13.7 Å². The van der Waals surface area contributed by atoms with Crippen molar-refractivity contribution >= 4 is 25.3 Å². The van der Waals surface area contributed by atoms with Gasteiger partial charge in [-0.1, -0.05) is 12.1 Å². The summed E-state index contributed by atoms with van der Waals surface area (Å²) < 4.78 is 6.90. The maximum atomic E-state index is 9.28. The summed E-state index contributed by atoms with van der Waals surface area (Å²) in [5.41, 5.74) is 0.393. The van der Waals surface area contributed by atoms with Gasteiger partial charge in [-0.05, 0) is 45.4 Å². The van der Waals surface area contributed by atoms with Crippen LogP contribution in [0, 0.1) is 0 Å². The Morgan fingerprint density at radius 2 is 1.83 bits per heavy atom. The minimum atomic E-state index is -0.698. The van der Waals surface area contributed by atoms with Crippen molar-refractivity contribution in [2.24, 2.45) is 7.05 Å². The molecule has 0 aliphatic heterocycles. The van der Waals surface area contributed by atoms with E-state index in [0.717, 1.165) is 10.5 Å². The molecule has 2 aromatic rings. The molecule has 0 saturated carbocycles. The summed E-state index contributed by atoms with van der Waals surface area (Å²) in [5.74, 6) is 0.641. The smallest absolute Gasteiger partial charge is 0.233 e. The van der Waals surface area contributed by atoms with E-state index in [-0.39, 0.29) is 4.75 Å². The molecule has 128 valence electrons. The van der Waals surface area contributed by atoms with Crippen LogP contribution in [0.3, 0.4) is 0 Å². The highest BCUT2D eigenvalue weighted by Crippen LogP contribution is 2.26. The topological polar surface area (TPSA) is 47.3 Å². The molecule has 1 aromatic heterocycles. The maximum absolute atomic E-state index is 9.28. The number of benzene rings is 1. The Bertz CT molecular complexity index is 602. The van der Waals surface area contributed by atoms with Crippen molar-refractivity contribution in [1.29, 1.82) is 0 Å². The average Bonchev–Trinajstić information content (AvgIpc) is 2.81. The summed E-state index contributed by atoms with van der Waals surface area (Å²) in [6.45, 7) is 7.79. The number of thiol groups is 2. The van der Waals surface area contributed by atoms with Crippen LogP contribution < -0.4 is 4.74 Å². The number of rotatable bonds is 4. The predicted octanol–water partition coefficient (Wildman–Crippen LogP) is 3.75. The molecule has 0 spiro atoms. The number of ether oxygens (including phenoxy) is 1. The van der Waals surface area contributed by atoms with Gasteiger partial charge >= 0.3 is 0 Å². The molecule has 1 heterocycles. The standard InChI is InChI=1S/C11H12N2OS.C6H14OS/c1-13-6-5-11(12-13)14-8-9-3-2-4-10(15)7-9;1-5(2,7)6(3,4)8/h2-7,15H,8H2,1H3;7-8H,1-4H3. The fraction of sp³-hybridized carbons (Fsp3) is 0.471. The third-order valence-electron chi connectivity index (χ3n) is 3.48. The fourth-order valence-electron chi connectivity index (χ4n) is 1.27. The van der Waals surface area contributed by atoms with Crippen LogP contribution in [0.1, 0.15) is 33.3 Å². The highest BCUT2D eigenvalue weighted by Gasteiger charge is 2.30. The Hall–Kier alpha value is -1.11. The lowest BCUT2D eigenvalue weighted by Gasteiger charge is -2.32. The number of aromatic nitrogens is 2. The normalized spacial score (nSPS) is 11.7. The average molecular weight is 355 g/mol. The van der Waals surface area contributed by atoms with Crippen LogP contribution in [0.4, 0.5) is 0 Å². The van der Waals surface area contributed by atoms with Gasteiger partial charge in [0.2, 0.25) is 5.88 Å². The molecule has 1 N–H and O–H groups in total. The second-order valence-corrected chi connectivity index (χ2v) is 8.04. The SMILES string of the molecule is CC(C)(O)C(C)(C)S.Cn1ccc(OCc2cccc(S)c2)n1. The summed E-state index contributed by atoms with van der Waals surface area (Å²) in [6, 6.07) is 9.71. The lowest BCUT2D eigenvalue weighted by Crippen LogP contribution is -2.40. The molecule has 0 bridgehead atoms. The van der Waals surface area contributed by atoms with Gasteiger partial charge in [0.1, 0.15) is 6.61 Å². The summed E-state index contributed by atoms with van der Waals surface area (Å²) in [7, 11) is 1.86. The molecular weight excluding hydrogens is 328 g/mol. The summed E-state index contributed by atoms with van der Waals surface area (Å²) >= 11 is 8.45. The molecule has 4 nitrogen and oxygen atoms in total. The van der Waals surface area contributed by atoms with Gasteiger partial charge in [0.25, 0.3) is 0 Å². The van der Waals surface area contributed by atoms with Crippen molar-refractivity contribution in [2.75, 3.05) is 0 Å². The van der Waals surface area contributed by atoms with E-state index in [0.29, 0.717) is 12.5 Å². The van der Waals surface area contributed by atoms with E-state index < -0.39 is 5.60 Å². The highest BCUT2D eigenvalue weighted by atomic mass is 32.1. The molecular formula is C17H26N2O2S2. The quantitative estimate of drug-likeness (QED) is 0.733. The number of aryl methyl sites for hydroxylation is 1. The number of hydrogen-bond donors (Lipinski definition) is 3. The summed E-state index contributed by atoms with van der Waals surface area (Å²) in [5, 5.41) is 13.4. The Morgan fingerprint density at radius 1 is 1.22 bits per heavy atom. The van der Waals surface area contributed by atoms with Crippen LogP contribution in [0.2, 0.25) is 0 Å². The Kier molecular flexibility index (Phi) is 7.04. The van der Waals surface area contributed by atoms with Crippen LogP contribution in [-0.4, -0.2) is 25.2 Å². The lowest BCUT2D eigenvalue weighted by atomic mass is 9.94. The first-order valence-electron chi connectivity index (χ1n) is 7.34. The molecule has 0 unspecified atom stereocenters. The second-order valence-electron chi connectivity index (χ2n) is 6.40. The van der Waals surface area contributed by atoms with Gasteiger partial charge in [-0.2, -0.15) is 12.6 Å². The highest BCUT2D eigenvalue weighted by molar-refractivity contribution is 7.81. The van der Waals surface area contributed by atoms with E-state index in [4.69, 9.17) is 4.74 Å². The molecule has 6 heteroatoms. The van der Waals surface area contributed by atoms with Crippen LogP contribution in [0.15, 0.2) is 41.4 Å². The second kappa shape index (κ2) is 8.13. The molecule has 0 saturated heterocycles. The molecule has 23 heavy (non-hydrogen) atoms. The van der Waals surface area contributed by atoms with Gasteiger partial charge in [-0.15, -0.1) is 17.7 Å². The van der Waals surface area contributed by atoms with Gasteiger partial charge in [0.05, 0.1) is 5.60 Å². The third-order valence-corrected chi connectivity index (χ3v) is 4.31. The zero-order chi connectivity index (χ0) is 17.7. The zero-order valence-electron chi connectivity index (χ0n) is 14.3. The first kappa shape index (κ1) is 19.9. The van der Waals surface area contributed by atoms with Crippen LogP contribution in [0.5, 0.6) is 5.88 Å². The van der Waals surface area contributed by atoms with Crippen molar-refractivity contribution < 1.29 is 9.84 Å². The minimum absolute atomic E-state index is 0.312. The largest absolute Gasteiger partial charge is 0.472 e. The van der Waals surface area contributed by atoms with Crippen molar-refractivity contribution in [3.63, 3.8) is 0 Å². The van der Waals surface area contributed by atoms with E-state index >= 15 is 0 Å². The number of hydrogen-bond acceptors (Lipinski definition) is 5. The maximum Gasteiger partial charge on any atom is 0.233 e.